The number of carboxylic acid groups (broad SMARTS) is 1. The van der Waals surface area contributed by atoms with Gasteiger partial charge in [-0.3, -0.25) is 19.2 Å². The molecular formula is C18H17N5O7S4. The SMILES string of the molecule is O=C(O)C1=C(CSc2nnc(CS(=O)(=O)O)o2)CS[C@@H]2C(NC(=S)Cc3ccncc3)C(=O)N12. The lowest BCUT2D eigenvalue weighted by Crippen LogP contribution is -2.70. The van der Waals surface area contributed by atoms with Crippen LogP contribution in [-0.4, -0.2) is 77.9 Å². The maximum absolute atomic E-state index is 12.8. The molecule has 0 saturated carbocycles. The van der Waals surface area contributed by atoms with E-state index < -0.39 is 33.3 Å². The van der Waals surface area contributed by atoms with Gasteiger partial charge in [0.25, 0.3) is 21.2 Å². The predicted octanol–water partition coefficient (Wildman–Crippen LogP) is 0.727. The molecule has 2 aliphatic heterocycles. The molecule has 4 heterocycles. The molecule has 0 radical (unpaired) electrons. The van der Waals surface area contributed by atoms with Crippen molar-refractivity contribution in [1.82, 2.24) is 25.4 Å². The summed E-state index contributed by atoms with van der Waals surface area (Å²) in [4.78, 5) is 30.5. The number of thioether (sulfide) groups is 2. The lowest BCUT2D eigenvalue weighted by atomic mass is 10.0. The van der Waals surface area contributed by atoms with Gasteiger partial charge in [0.1, 0.15) is 17.1 Å². The number of nitrogens with one attached hydrogen (secondary N) is 1. The number of aromatic nitrogens is 3. The van der Waals surface area contributed by atoms with Crippen molar-refractivity contribution in [3.05, 3.63) is 47.3 Å². The summed E-state index contributed by atoms with van der Waals surface area (Å²) in [5.74, 6) is -2.24. The van der Waals surface area contributed by atoms with Gasteiger partial charge in [0.15, 0.2) is 5.75 Å². The fourth-order valence-corrected chi connectivity index (χ4v) is 6.35. The Balaban J connectivity index is 1.41. The fraction of sp³-hybridized carbons (Fsp3) is 0.333. The van der Waals surface area contributed by atoms with E-state index in [1.807, 2.05) is 12.1 Å². The molecule has 2 aromatic heterocycles. The maximum Gasteiger partial charge on any atom is 0.352 e. The molecule has 0 aliphatic carbocycles. The van der Waals surface area contributed by atoms with Crippen molar-refractivity contribution in [2.24, 2.45) is 0 Å². The van der Waals surface area contributed by atoms with Crippen LogP contribution in [0.25, 0.3) is 0 Å². The van der Waals surface area contributed by atoms with Crippen LogP contribution in [-0.2, 0) is 31.9 Å². The second-order valence-electron chi connectivity index (χ2n) is 7.22. The Hall–Kier alpha value is -2.53. The number of aliphatic carboxylic acids is 1. The summed E-state index contributed by atoms with van der Waals surface area (Å²) >= 11 is 7.79. The zero-order valence-corrected chi connectivity index (χ0v) is 20.4. The minimum atomic E-state index is -4.32. The first-order valence-electron chi connectivity index (χ1n) is 9.61. The number of hydrogen-bond donors (Lipinski definition) is 3. The molecule has 1 amide bonds. The number of hydrogen-bond acceptors (Lipinski definition) is 11. The third kappa shape index (κ3) is 5.57. The highest BCUT2D eigenvalue weighted by Crippen LogP contribution is 2.41. The van der Waals surface area contributed by atoms with Crippen LogP contribution < -0.4 is 5.32 Å². The molecule has 0 spiro atoms. The molecular weight excluding hydrogens is 526 g/mol. The van der Waals surface area contributed by atoms with E-state index in [1.54, 1.807) is 12.4 Å². The summed E-state index contributed by atoms with van der Waals surface area (Å²) in [7, 11) is -4.32. The molecule has 0 bridgehead atoms. The monoisotopic (exact) mass is 543 g/mol. The highest BCUT2D eigenvalue weighted by atomic mass is 32.2. The lowest BCUT2D eigenvalue weighted by molar-refractivity contribution is -0.148. The van der Waals surface area contributed by atoms with Gasteiger partial charge in [-0.05, 0) is 23.3 Å². The first kappa shape index (κ1) is 24.6. The van der Waals surface area contributed by atoms with E-state index in [1.165, 1.54) is 16.7 Å². The van der Waals surface area contributed by atoms with Crippen molar-refractivity contribution in [2.75, 3.05) is 11.5 Å². The minimum absolute atomic E-state index is 0.0129. The number of thiocarbonyl (C=S) groups is 1. The summed E-state index contributed by atoms with van der Waals surface area (Å²) in [5, 5.41) is 19.6. The normalized spacial score (nSPS) is 20.0. The van der Waals surface area contributed by atoms with Crippen LogP contribution in [0.4, 0.5) is 0 Å². The van der Waals surface area contributed by atoms with Crippen molar-refractivity contribution in [3.63, 3.8) is 0 Å². The number of nitrogens with zero attached hydrogens (tertiary/aromatic N) is 4. The van der Waals surface area contributed by atoms with Crippen molar-refractivity contribution >= 4 is 62.7 Å². The molecule has 0 aromatic carbocycles. The van der Waals surface area contributed by atoms with E-state index in [0.29, 0.717) is 22.7 Å². The Morgan fingerprint density at radius 2 is 2.09 bits per heavy atom. The first-order chi connectivity index (χ1) is 16.1. The van der Waals surface area contributed by atoms with Gasteiger partial charge in [-0.2, -0.15) is 8.42 Å². The van der Waals surface area contributed by atoms with E-state index in [0.717, 1.165) is 17.3 Å². The lowest BCUT2D eigenvalue weighted by Gasteiger charge is -2.49. The fourth-order valence-electron chi connectivity index (χ4n) is 3.36. The van der Waals surface area contributed by atoms with E-state index in [2.05, 4.69) is 20.5 Å². The molecule has 3 N–H and O–H groups in total. The van der Waals surface area contributed by atoms with Gasteiger partial charge in [-0.1, -0.05) is 24.0 Å². The molecule has 12 nitrogen and oxygen atoms in total. The summed E-state index contributed by atoms with van der Waals surface area (Å²) in [5.41, 5.74) is 1.33. The van der Waals surface area contributed by atoms with Crippen molar-refractivity contribution in [1.29, 1.82) is 0 Å². The van der Waals surface area contributed by atoms with Crippen LogP contribution in [0.2, 0.25) is 0 Å². The van der Waals surface area contributed by atoms with Crippen LogP contribution in [0.15, 0.2) is 45.4 Å². The smallest absolute Gasteiger partial charge is 0.352 e. The van der Waals surface area contributed by atoms with Gasteiger partial charge in [0.05, 0.1) is 4.99 Å². The van der Waals surface area contributed by atoms with Crippen LogP contribution >= 0.6 is 35.7 Å². The number of carbonyl (C=O) groups excluding carboxylic acids is 1. The van der Waals surface area contributed by atoms with E-state index in [-0.39, 0.29) is 28.5 Å². The van der Waals surface area contributed by atoms with Gasteiger partial charge in [-0.25, -0.2) is 4.79 Å². The molecule has 34 heavy (non-hydrogen) atoms. The first-order valence-corrected chi connectivity index (χ1v) is 13.7. The topological polar surface area (TPSA) is 176 Å². The predicted molar refractivity (Wildman–Crippen MR) is 125 cm³/mol. The maximum atomic E-state index is 12.8. The van der Waals surface area contributed by atoms with E-state index in [9.17, 15) is 23.1 Å². The van der Waals surface area contributed by atoms with Crippen molar-refractivity contribution in [2.45, 2.75) is 28.8 Å². The average molecular weight is 544 g/mol. The molecule has 2 aliphatic rings. The van der Waals surface area contributed by atoms with Crippen LogP contribution in [0.3, 0.4) is 0 Å². The number of carboxylic acids is 1. The highest BCUT2D eigenvalue weighted by Gasteiger charge is 2.53. The van der Waals surface area contributed by atoms with Crippen molar-refractivity contribution < 1.29 is 32.1 Å². The number of β-lactam (4-membered cyclic amide) rings is 1. The molecule has 1 fully saturated rings. The Morgan fingerprint density at radius 3 is 2.76 bits per heavy atom. The van der Waals surface area contributed by atoms with Crippen LogP contribution in [0.1, 0.15) is 11.5 Å². The number of rotatable bonds is 9. The Morgan fingerprint density at radius 1 is 1.35 bits per heavy atom. The quantitative estimate of drug-likeness (QED) is 0.174. The van der Waals surface area contributed by atoms with Gasteiger partial charge in [0, 0.05) is 30.3 Å². The standard InChI is InChI=1S/C18H17N5O7S4/c24-15-13(20-12(31)5-9-1-3-19-4-2-9)16-23(15)14(17(25)26)10(6-32-16)7-33-18-22-21-11(30-18)8-34(27,28)29/h1-4,13,16H,5-8H2,(H,20,31)(H,25,26)(H,27,28,29)/t13?,16-/m1/s1. The Bertz CT molecular complexity index is 1260. The summed E-state index contributed by atoms with van der Waals surface area (Å²) in [6.07, 6.45) is 3.74. The largest absolute Gasteiger partial charge is 0.477 e. The molecule has 1 unspecified atom stereocenters. The van der Waals surface area contributed by atoms with Gasteiger partial charge in [-0.15, -0.1) is 22.0 Å². The molecule has 1 saturated heterocycles. The Kier molecular flexibility index (Phi) is 7.22. The highest BCUT2D eigenvalue weighted by molar-refractivity contribution is 8.01. The van der Waals surface area contributed by atoms with Gasteiger partial charge in [0.2, 0.25) is 5.89 Å². The van der Waals surface area contributed by atoms with Crippen LogP contribution in [0.5, 0.6) is 0 Å². The number of fused-ring (bicyclic) bond motifs is 1. The third-order valence-corrected chi connectivity index (χ3v) is 7.92. The molecule has 4 rings (SSSR count). The van der Waals surface area contributed by atoms with E-state index >= 15 is 0 Å². The van der Waals surface area contributed by atoms with Gasteiger partial charge < -0.3 is 14.8 Å². The summed E-state index contributed by atoms with van der Waals surface area (Å²) < 4.78 is 35.8. The molecule has 16 heteroatoms. The average Bonchev–Trinajstić information content (AvgIpc) is 3.21. The Labute approximate surface area is 207 Å². The zero-order chi connectivity index (χ0) is 24.5. The van der Waals surface area contributed by atoms with E-state index in [4.69, 9.17) is 21.2 Å². The second kappa shape index (κ2) is 9.99. The summed E-state index contributed by atoms with van der Waals surface area (Å²) in [6.45, 7) is 0. The zero-order valence-electron chi connectivity index (χ0n) is 17.2. The van der Waals surface area contributed by atoms with Crippen LogP contribution in [0, 0.1) is 0 Å². The molecule has 2 atom stereocenters. The van der Waals surface area contributed by atoms with Gasteiger partial charge >= 0.3 is 5.97 Å². The molecule has 2 aromatic rings. The van der Waals surface area contributed by atoms with Crippen molar-refractivity contribution in [3.8, 4) is 0 Å². The second-order valence-corrected chi connectivity index (χ2v) is 11.2. The number of amides is 1. The summed E-state index contributed by atoms with van der Waals surface area (Å²) in [6, 6.07) is 3.02. The number of carbonyl (C=O) groups is 2. The molecule has 180 valence electrons. The minimum Gasteiger partial charge on any atom is -0.477 e. The third-order valence-electron chi connectivity index (χ3n) is 4.80. The number of pyridine rings is 1.